The Morgan fingerprint density at radius 1 is 1.46 bits per heavy atom. The maximum atomic E-state index is 11.5. The molecule has 2 heterocycles. The van der Waals surface area contributed by atoms with Gasteiger partial charge < -0.3 is 9.64 Å². The highest BCUT2D eigenvalue weighted by atomic mass is 32.1. The summed E-state index contributed by atoms with van der Waals surface area (Å²) in [6.45, 7) is 6.55. The normalized spacial score (nSPS) is 13.7. The van der Waals surface area contributed by atoms with E-state index in [0.29, 0.717) is 17.4 Å². The molecule has 0 bridgehead atoms. The van der Waals surface area contributed by atoms with E-state index < -0.39 is 0 Å². The molecule has 0 aliphatic carbocycles. The van der Waals surface area contributed by atoms with Gasteiger partial charge in [0.15, 0.2) is 0 Å². The van der Waals surface area contributed by atoms with E-state index in [-0.39, 0.29) is 12.4 Å². The summed E-state index contributed by atoms with van der Waals surface area (Å²) in [6.07, 6.45) is 4.30. The second-order valence-electron chi connectivity index (χ2n) is 6.07. The third kappa shape index (κ3) is 4.60. The molecule has 7 heteroatoms. The number of benzene rings is 1. The lowest BCUT2D eigenvalue weighted by Gasteiger charge is -2.30. The average Bonchev–Trinajstić information content (AvgIpc) is 3.08. The van der Waals surface area contributed by atoms with Gasteiger partial charge in [0.05, 0.1) is 24.9 Å². The number of fused-ring (bicyclic) bond motifs is 1. The summed E-state index contributed by atoms with van der Waals surface area (Å²) in [5.74, 6) is -0.261. The zero-order valence-corrected chi connectivity index (χ0v) is 16.0. The van der Waals surface area contributed by atoms with Crippen LogP contribution in [0.25, 0.3) is 0 Å². The average molecular weight is 372 g/mol. The maximum Gasteiger partial charge on any atom is 0.311 e. The molecule has 1 aromatic carbocycles. The number of rotatable bonds is 7. The highest BCUT2D eigenvalue weighted by Crippen LogP contribution is 2.27. The van der Waals surface area contributed by atoms with Gasteiger partial charge in [0.2, 0.25) is 5.13 Å². The molecule has 0 saturated carbocycles. The van der Waals surface area contributed by atoms with Crippen LogP contribution in [0.5, 0.6) is 0 Å². The Kier molecular flexibility index (Phi) is 6.22. The number of anilines is 2. The Bertz CT molecular complexity index is 788. The molecule has 1 aliphatic rings. The minimum atomic E-state index is -0.261. The molecule has 26 heavy (non-hydrogen) atoms. The van der Waals surface area contributed by atoms with E-state index in [4.69, 9.17) is 4.74 Å². The van der Waals surface area contributed by atoms with Crippen LogP contribution in [-0.2, 0) is 22.4 Å². The number of hydrazone groups is 1. The summed E-state index contributed by atoms with van der Waals surface area (Å²) in [4.78, 5) is 18.2. The number of aryl methyl sites for hydroxylation is 1. The van der Waals surface area contributed by atoms with Crippen LogP contribution in [0, 0.1) is 0 Å². The van der Waals surface area contributed by atoms with Crippen molar-refractivity contribution in [2.24, 2.45) is 5.10 Å². The molecule has 1 N–H and O–H groups in total. The van der Waals surface area contributed by atoms with Gasteiger partial charge in [0, 0.05) is 24.2 Å². The number of aromatic nitrogens is 1. The van der Waals surface area contributed by atoms with Gasteiger partial charge in [-0.3, -0.25) is 10.2 Å². The maximum absolute atomic E-state index is 11.5. The predicted molar refractivity (Wildman–Crippen MR) is 106 cm³/mol. The van der Waals surface area contributed by atoms with E-state index in [2.05, 4.69) is 45.5 Å². The van der Waals surface area contributed by atoms with Crippen molar-refractivity contribution in [1.29, 1.82) is 0 Å². The van der Waals surface area contributed by atoms with Crippen molar-refractivity contribution in [3.8, 4) is 0 Å². The van der Waals surface area contributed by atoms with E-state index in [1.807, 2.05) is 5.38 Å². The van der Waals surface area contributed by atoms with Gasteiger partial charge in [0.25, 0.3) is 0 Å². The van der Waals surface area contributed by atoms with Gasteiger partial charge in [-0.05, 0) is 49.9 Å². The van der Waals surface area contributed by atoms with E-state index >= 15 is 0 Å². The quantitative estimate of drug-likeness (QED) is 0.458. The summed E-state index contributed by atoms with van der Waals surface area (Å²) in [6, 6.07) is 6.47. The van der Waals surface area contributed by atoms with Crippen LogP contribution in [-0.4, -0.2) is 36.9 Å². The van der Waals surface area contributed by atoms with Gasteiger partial charge in [0.1, 0.15) is 0 Å². The molecule has 0 atom stereocenters. The van der Waals surface area contributed by atoms with Crippen LogP contribution in [0.1, 0.15) is 37.1 Å². The van der Waals surface area contributed by atoms with E-state index in [0.717, 1.165) is 25.1 Å². The Morgan fingerprint density at radius 3 is 3.15 bits per heavy atom. The number of esters is 1. The lowest BCUT2D eigenvalue weighted by atomic mass is 9.99. The van der Waals surface area contributed by atoms with Crippen LogP contribution in [0.15, 0.2) is 28.7 Å². The summed E-state index contributed by atoms with van der Waals surface area (Å²) in [5.41, 5.74) is 7.42. The number of thiazole rings is 1. The molecule has 0 unspecified atom stereocenters. The summed E-state index contributed by atoms with van der Waals surface area (Å²) in [7, 11) is 0. The van der Waals surface area contributed by atoms with Crippen molar-refractivity contribution in [3.63, 3.8) is 0 Å². The fourth-order valence-electron chi connectivity index (χ4n) is 3.07. The number of nitrogens with zero attached hydrogens (tertiary/aromatic N) is 3. The number of carbonyl (C=O) groups excluding carboxylic acids is 1. The van der Waals surface area contributed by atoms with E-state index in [1.165, 1.54) is 29.0 Å². The fraction of sp³-hybridized carbons (Fsp3) is 0.421. The highest BCUT2D eigenvalue weighted by Gasteiger charge is 2.15. The van der Waals surface area contributed by atoms with E-state index in [9.17, 15) is 4.79 Å². The van der Waals surface area contributed by atoms with Crippen molar-refractivity contribution in [2.75, 3.05) is 30.0 Å². The summed E-state index contributed by atoms with van der Waals surface area (Å²) >= 11 is 1.42. The third-order valence-corrected chi connectivity index (χ3v) is 5.05. The second-order valence-corrected chi connectivity index (χ2v) is 6.93. The SMILES string of the molecule is CCOC(=O)Cc1csc(NN=Cc2ccc3c(c2)CCCN3CC)n1. The summed E-state index contributed by atoms with van der Waals surface area (Å²) in [5, 5.41) is 6.77. The number of hydrogen-bond acceptors (Lipinski definition) is 7. The topological polar surface area (TPSA) is 66.8 Å². The van der Waals surface area contributed by atoms with Crippen LogP contribution < -0.4 is 10.3 Å². The molecule has 0 amide bonds. The van der Waals surface area contributed by atoms with E-state index in [1.54, 1.807) is 13.1 Å². The first-order chi connectivity index (χ1) is 12.7. The number of carbonyl (C=O) groups is 1. The van der Waals surface area contributed by atoms with Gasteiger partial charge >= 0.3 is 5.97 Å². The summed E-state index contributed by atoms with van der Waals surface area (Å²) < 4.78 is 4.93. The second kappa shape index (κ2) is 8.80. The van der Waals surface area contributed by atoms with Crippen LogP contribution >= 0.6 is 11.3 Å². The molecule has 3 rings (SSSR count). The third-order valence-electron chi connectivity index (χ3n) is 4.26. The van der Waals surface area contributed by atoms with Crippen molar-refractivity contribution < 1.29 is 9.53 Å². The minimum Gasteiger partial charge on any atom is -0.466 e. The van der Waals surface area contributed by atoms with Crippen molar-refractivity contribution in [3.05, 3.63) is 40.4 Å². The van der Waals surface area contributed by atoms with Crippen LogP contribution in [0.4, 0.5) is 10.8 Å². The minimum absolute atomic E-state index is 0.189. The number of hydrogen-bond donors (Lipinski definition) is 1. The molecule has 2 aromatic rings. The molecule has 1 aromatic heterocycles. The Labute approximate surface area is 157 Å². The molecular formula is C19H24N4O2S. The molecule has 1 aliphatic heterocycles. The molecule has 6 nitrogen and oxygen atoms in total. The molecule has 0 fully saturated rings. The Hall–Kier alpha value is -2.41. The van der Waals surface area contributed by atoms with Crippen molar-refractivity contribution in [2.45, 2.75) is 33.1 Å². The lowest BCUT2D eigenvalue weighted by molar-refractivity contribution is -0.142. The zero-order chi connectivity index (χ0) is 18.4. The van der Waals surface area contributed by atoms with Gasteiger partial charge in [-0.25, -0.2) is 4.98 Å². The standard InChI is InChI=1S/C19H24N4O2S/c1-3-23-9-5-6-15-10-14(7-8-17(15)23)12-20-22-19-21-16(13-26-19)11-18(24)25-4-2/h7-8,10,12-13H,3-6,9,11H2,1-2H3,(H,21,22). The lowest BCUT2D eigenvalue weighted by Crippen LogP contribution is -2.28. The first-order valence-electron chi connectivity index (χ1n) is 8.96. The first-order valence-corrected chi connectivity index (χ1v) is 9.84. The predicted octanol–water partition coefficient (Wildman–Crippen LogP) is 3.47. The number of nitrogens with one attached hydrogen (secondary N) is 1. The largest absolute Gasteiger partial charge is 0.466 e. The zero-order valence-electron chi connectivity index (χ0n) is 15.2. The Balaban J connectivity index is 1.59. The van der Waals surface area contributed by atoms with Gasteiger partial charge in [-0.2, -0.15) is 5.10 Å². The number of ether oxygens (including phenoxy) is 1. The fourth-order valence-corrected chi connectivity index (χ4v) is 3.72. The van der Waals surface area contributed by atoms with Crippen LogP contribution in [0.2, 0.25) is 0 Å². The molecule has 0 spiro atoms. The van der Waals surface area contributed by atoms with Crippen molar-refractivity contribution >= 4 is 34.3 Å². The monoisotopic (exact) mass is 372 g/mol. The highest BCUT2D eigenvalue weighted by molar-refractivity contribution is 7.13. The van der Waals surface area contributed by atoms with Crippen LogP contribution in [0.3, 0.4) is 0 Å². The molecule has 138 valence electrons. The van der Waals surface area contributed by atoms with Crippen molar-refractivity contribution in [1.82, 2.24) is 4.98 Å². The van der Waals surface area contributed by atoms with Gasteiger partial charge in [-0.15, -0.1) is 11.3 Å². The van der Waals surface area contributed by atoms with Gasteiger partial charge in [-0.1, -0.05) is 6.07 Å². The molecule has 0 radical (unpaired) electrons. The molecule has 0 saturated heterocycles. The first kappa shape index (κ1) is 18.4. The smallest absolute Gasteiger partial charge is 0.311 e. The Morgan fingerprint density at radius 2 is 2.35 bits per heavy atom. The molecular weight excluding hydrogens is 348 g/mol.